The number of nitrogens with zero attached hydrogens (tertiary/aromatic N) is 8. The summed E-state index contributed by atoms with van der Waals surface area (Å²) < 4.78 is 40.6. The molecule has 32 heavy (non-hydrogen) atoms. The lowest BCUT2D eigenvalue weighted by Gasteiger charge is -2.28. The minimum Gasteiger partial charge on any atom is -0.352 e. The standard InChI is InChI=1S/C20H14F3N9/c21-20(22,23)16-11-32-15(8-27-18(32)9-26-16)19-25-4-3-17(29-19)31-5-1-2-12(10-31)13-7-28-30-14(13)6-24/h2-4,7-9,11H,1,5,10H2,(H,28,30). The summed E-state index contributed by atoms with van der Waals surface area (Å²) in [6, 6.07) is 3.82. The normalized spacial score (nSPS) is 14.4. The Kier molecular flexibility index (Phi) is 4.58. The molecule has 1 N–H and O–H groups in total. The van der Waals surface area contributed by atoms with Crippen molar-refractivity contribution >= 4 is 17.0 Å². The number of H-pyrrole nitrogens is 1. The lowest BCUT2D eigenvalue weighted by atomic mass is 10.0. The first kappa shape index (κ1) is 19.7. The van der Waals surface area contributed by atoms with Crippen molar-refractivity contribution in [3.05, 3.63) is 60.1 Å². The largest absolute Gasteiger partial charge is 0.434 e. The van der Waals surface area contributed by atoms with E-state index in [-0.39, 0.29) is 11.5 Å². The second-order valence-electron chi connectivity index (χ2n) is 7.09. The van der Waals surface area contributed by atoms with Crippen LogP contribution in [0.2, 0.25) is 0 Å². The molecule has 0 spiro atoms. The molecule has 5 heterocycles. The number of alkyl halides is 3. The van der Waals surface area contributed by atoms with E-state index in [1.165, 1.54) is 10.6 Å². The predicted octanol–water partition coefficient (Wildman–Crippen LogP) is 3.09. The fourth-order valence-corrected chi connectivity index (χ4v) is 3.60. The van der Waals surface area contributed by atoms with Gasteiger partial charge in [0.1, 0.15) is 23.3 Å². The molecular weight excluding hydrogens is 423 g/mol. The average molecular weight is 437 g/mol. The molecule has 1 aliphatic rings. The Morgan fingerprint density at radius 2 is 2.00 bits per heavy atom. The van der Waals surface area contributed by atoms with Gasteiger partial charge in [0.05, 0.1) is 18.6 Å². The van der Waals surface area contributed by atoms with Crippen molar-refractivity contribution in [2.75, 3.05) is 18.0 Å². The Balaban J connectivity index is 1.48. The zero-order chi connectivity index (χ0) is 22.3. The van der Waals surface area contributed by atoms with Gasteiger partial charge in [-0.15, -0.1) is 0 Å². The topological polar surface area (TPSA) is 112 Å². The zero-order valence-electron chi connectivity index (χ0n) is 16.4. The number of hydrogen-bond donors (Lipinski definition) is 1. The van der Waals surface area contributed by atoms with E-state index < -0.39 is 11.9 Å². The van der Waals surface area contributed by atoms with Crippen molar-refractivity contribution in [3.8, 4) is 17.6 Å². The van der Waals surface area contributed by atoms with Crippen molar-refractivity contribution in [3.63, 3.8) is 0 Å². The molecular formula is C20H14F3N9. The molecule has 0 saturated carbocycles. The molecule has 160 valence electrons. The van der Waals surface area contributed by atoms with Crippen LogP contribution in [0.4, 0.5) is 19.0 Å². The van der Waals surface area contributed by atoms with Gasteiger partial charge in [0.15, 0.2) is 17.2 Å². The molecule has 4 aromatic rings. The maximum absolute atomic E-state index is 13.1. The van der Waals surface area contributed by atoms with Crippen LogP contribution in [0.5, 0.6) is 0 Å². The third-order valence-electron chi connectivity index (χ3n) is 5.13. The SMILES string of the molecule is N#Cc1[nH]ncc1C1=CCCN(c2ccnc(-c3cnc4cnc(C(F)(F)F)cn34)n2)C1. The molecule has 0 unspecified atom stereocenters. The van der Waals surface area contributed by atoms with Gasteiger partial charge in [-0.25, -0.2) is 19.9 Å². The van der Waals surface area contributed by atoms with Gasteiger partial charge in [-0.1, -0.05) is 6.08 Å². The van der Waals surface area contributed by atoms with Crippen molar-refractivity contribution in [2.24, 2.45) is 0 Å². The van der Waals surface area contributed by atoms with E-state index in [0.29, 0.717) is 30.3 Å². The summed E-state index contributed by atoms with van der Waals surface area (Å²) in [6.45, 7) is 1.19. The highest BCUT2D eigenvalue weighted by atomic mass is 19.4. The van der Waals surface area contributed by atoms with Crippen molar-refractivity contribution < 1.29 is 13.2 Å². The molecule has 0 fully saturated rings. The smallest absolute Gasteiger partial charge is 0.352 e. The second-order valence-corrected chi connectivity index (χ2v) is 7.09. The van der Waals surface area contributed by atoms with Crippen LogP contribution in [0.3, 0.4) is 0 Å². The van der Waals surface area contributed by atoms with Crippen LogP contribution in [-0.2, 0) is 6.18 Å². The van der Waals surface area contributed by atoms with E-state index in [1.807, 2.05) is 4.90 Å². The summed E-state index contributed by atoms with van der Waals surface area (Å²) in [7, 11) is 0. The summed E-state index contributed by atoms with van der Waals surface area (Å²) in [5, 5.41) is 15.9. The van der Waals surface area contributed by atoms with E-state index in [1.54, 1.807) is 18.5 Å². The number of anilines is 1. The maximum Gasteiger partial charge on any atom is 0.434 e. The number of fused-ring (bicyclic) bond motifs is 1. The Labute approximate surface area is 178 Å². The van der Waals surface area contributed by atoms with E-state index in [0.717, 1.165) is 30.0 Å². The highest BCUT2D eigenvalue weighted by molar-refractivity contribution is 5.73. The fourth-order valence-electron chi connectivity index (χ4n) is 3.60. The van der Waals surface area contributed by atoms with Gasteiger partial charge in [0, 0.05) is 31.0 Å². The number of halogens is 3. The Bertz CT molecular complexity index is 1380. The first-order chi connectivity index (χ1) is 15.4. The van der Waals surface area contributed by atoms with Gasteiger partial charge < -0.3 is 4.90 Å². The summed E-state index contributed by atoms with van der Waals surface area (Å²) in [4.78, 5) is 18.4. The summed E-state index contributed by atoms with van der Waals surface area (Å²) in [5.74, 6) is 0.856. The van der Waals surface area contributed by atoms with E-state index in [4.69, 9.17) is 0 Å². The molecule has 0 aromatic carbocycles. The number of nitrogens with one attached hydrogen (secondary N) is 1. The van der Waals surface area contributed by atoms with E-state index >= 15 is 0 Å². The number of aromatic nitrogens is 7. The third-order valence-corrected chi connectivity index (χ3v) is 5.13. The second kappa shape index (κ2) is 7.45. The van der Waals surface area contributed by atoms with Gasteiger partial charge in [-0.3, -0.25) is 9.50 Å². The monoisotopic (exact) mass is 437 g/mol. The van der Waals surface area contributed by atoms with Gasteiger partial charge in [-0.2, -0.15) is 23.5 Å². The summed E-state index contributed by atoms with van der Waals surface area (Å²) in [6.07, 6.45) is 4.75. The van der Waals surface area contributed by atoms with Crippen LogP contribution in [0, 0.1) is 11.3 Å². The van der Waals surface area contributed by atoms with Crippen LogP contribution in [0.15, 0.2) is 43.1 Å². The zero-order valence-corrected chi connectivity index (χ0v) is 16.4. The Morgan fingerprint density at radius 3 is 2.81 bits per heavy atom. The molecule has 1 aliphatic heterocycles. The van der Waals surface area contributed by atoms with Gasteiger partial charge in [0.2, 0.25) is 0 Å². The van der Waals surface area contributed by atoms with Crippen molar-refractivity contribution in [1.82, 2.24) is 34.5 Å². The van der Waals surface area contributed by atoms with Gasteiger partial charge in [0.25, 0.3) is 0 Å². The molecule has 5 rings (SSSR count). The predicted molar refractivity (Wildman–Crippen MR) is 107 cm³/mol. The van der Waals surface area contributed by atoms with Gasteiger partial charge >= 0.3 is 6.18 Å². The van der Waals surface area contributed by atoms with Crippen molar-refractivity contribution in [2.45, 2.75) is 12.6 Å². The van der Waals surface area contributed by atoms with Crippen molar-refractivity contribution in [1.29, 1.82) is 5.26 Å². The molecule has 4 aromatic heterocycles. The van der Waals surface area contributed by atoms with Crippen LogP contribution in [-0.4, -0.2) is 47.6 Å². The summed E-state index contributed by atoms with van der Waals surface area (Å²) >= 11 is 0. The Morgan fingerprint density at radius 1 is 1.12 bits per heavy atom. The first-order valence-electron chi connectivity index (χ1n) is 9.55. The lowest BCUT2D eigenvalue weighted by Crippen LogP contribution is -2.30. The number of nitriles is 1. The Hall–Kier alpha value is -4.27. The fraction of sp³-hybridized carbons (Fsp3) is 0.200. The average Bonchev–Trinajstić information content (AvgIpc) is 3.45. The summed E-state index contributed by atoms with van der Waals surface area (Å²) in [5.41, 5.74) is 1.62. The van der Waals surface area contributed by atoms with Crippen LogP contribution in [0.1, 0.15) is 23.4 Å². The van der Waals surface area contributed by atoms with Crippen LogP contribution in [0.25, 0.3) is 22.7 Å². The van der Waals surface area contributed by atoms with E-state index in [9.17, 15) is 18.4 Å². The minimum absolute atomic E-state index is 0.242. The van der Waals surface area contributed by atoms with E-state index in [2.05, 4.69) is 42.3 Å². The molecule has 0 saturated heterocycles. The highest BCUT2D eigenvalue weighted by Crippen LogP contribution is 2.29. The molecule has 12 heteroatoms. The first-order valence-corrected chi connectivity index (χ1v) is 9.55. The molecule has 0 atom stereocenters. The number of rotatable bonds is 3. The molecule has 0 aliphatic carbocycles. The van der Waals surface area contributed by atoms with Gasteiger partial charge in [-0.05, 0) is 18.1 Å². The number of imidazole rings is 1. The van der Waals surface area contributed by atoms with Crippen LogP contribution < -0.4 is 4.90 Å². The maximum atomic E-state index is 13.1. The molecule has 0 radical (unpaired) electrons. The van der Waals surface area contributed by atoms with Crippen LogP contribution >= 0.6 is 0 Å². The lowest BCUT2D eigenvalue weighted by molar-refractivity contribution is -0.141. The third kappa shape index (κ3) is 3.43. The number of hydrogen-bond acceptors (Lipinski definition) is 7. The molecule has 0 amide bonds. The minimum atomic E-state index is -4.58. The quantitative estimate of drug-likeness (QED) is 0.524. The molecule has 9 nitrogen and oxygen atoms in total. The molecule has 0 bridgehead atoms. The number of aromatic amines is 1. The highest BCUT2D eigenvalue weighted by Gasteiger charge is 2.33.